The van der Waals surface area contributed by atoms with Crippen molar-refractivity contribution in [1.29, 1.82) is 0 Å². The summed E-state index contributed by atoms with van der Waals surface area (Å²) in [6.07, 6.45) is 1.85. The maximum absolute atomic E-state index is 5.23. The molecular formula is C13H20N2O2. The lowest BCUT2D eigenvalue weighted by molar-refractivity contribution is 0.355. The molecule has 0 aliphatic heterocycles. The molecule has 0 bridgehead atoms. The molecule has 0 radical (unpaired) electrons. The quantitative estimate of drug-likeness (QED) is 0.705. The Labute approximate surface area is 103 Å². The molecule has 4 nitrogen and oxygen atoms in total. The van der Waals surface area contributed by atoms with Crippen molar-refractivity contribution in [2.75, 3.05) is 41.4 Å². The monoisotopic (exact) mass is 236 g/mol. The van der Waals surface area contributed by atoms with Gasteiger partial charge in [0, 0.05) is 12.8 Å². The van der Waals surface area contributed by atoms with Crippen LogP contribution < -0.4 is 9.47 Å². The first-order chi connectivity index (χ1) is 8.17. The molecule has 4 heteroatoms. The highest BCUT2D eigenvalue weighted by atomic mass is 16.5. The van der Waals surface area contributed by atoms with E-state index in [-0.39, 0.29) is 0 Å². The number of aliphatic imine (C=N–C) groups is 1. The van der Waals surface area contributed by atoms with Crippen LogP contribution in [0.3, 0.4) is 0 Å². The van der Waals surface area contributed by atoms with Crippen molar-refractivity contribution in [3.63, 3.8) is 0 Å². The SMILES string of the molecule is COc1ccc(C=NCCN(C)C)cc1OC. The lowest BCUT2D eigenvalue weighted by Crippen LogP contribution is -2.15. The number of likely N-dealkylation sites (N-methyl/N-ethyl adjacent to an activating group) is 1. The highest BCUT2D eigenvalue weighted by Crippen LogP contribution is 2.26. The standard InChI is InChI=1S/C13H20N2O2/c1-15(2)8-7-14-10-11-5-6-12(16-3)13(9-11)17-4/h5-6,9-10H,7-8H2,1-4H3. The van der Waals surface area contributed by atoms with Gasteiger partial charge >= 0.3 is 0 Å². The molecule has 94 valence electrons. The largest absolute Gasteiger partial charge is 0.493 e. The average Bonchev–Trinajstić information content (AvgIpc) is 2.34. The van der Waals surface area contributed by atoms with Gasteiger partial charge in [-0.3, -0.25) is 4.99 Å². The maximum atomic E-state index is 5.23. The lowest BCUT2D eigenvalue weighted by atomic mass is 10.2. The van der Waals surface area contributed by atoms with Gasteiger partial charge in [0.1, 0.15) is 0 Å². The van der Waals surface area contributed by atoms with Crippen LogP contribution in [-0.2, 0) is 0 Å². The Morgan fingerprint density at radius 1 is 1.18 bits per heavy atom. The molecule has 0 aromatic heterocycles. The molecule has 1 aromatic carbocycles. The minimum atomic E-state index is 0.726. The first-order valence-corrected chi connectivity index (χ1v) is 5.54. The van der Waals surface area contributed by atoms with E-state index >= 15 is 0 Å². The summed E-state index contributed by atoms with van der Waals surface area (Å²) in [4.78, 5) is 6.45. The van der Waals surface area contributed by atoms with Gasteiger partial charge < -0.3 is 14.4 Å². The fraction of sp³-hybridized carbons (Fsp3) is 0.462. The van der Waals surface area contributed by atoms with Crippen LogP contribution in [0.2, 0.25) is 0 Å². The van der Waals surface area contributed by atoms with E-state index in [4.69, 9.17) is 9.47 Å². The zero-order chi connectivity index (χ0) is 12.7. The minimum absolute atomic E-state index is 0.726. The number of hydrogen-bond acceptors (Lipinski definition) is 4. The van der Waals surface area contributed by atoms with E-state index in [1.807, 2.05) is 38.5 Å². The van der Waals surface area contributed by atoms with E-state index in [2.05, 4.69) is 9.89 Å². The summed E-state index contributed by atoms with van der Waals surface area (Å²) in [5, 5.41) is 0. The van der Waals surface area contributed by atoms with Crippen molar-refractivity contribution in [2.45, 2.75) is 0 Å². The molecule has 0 aliphatic carbocycles. The zero-order valence-electron chi connectivity index (χ0n) is 10.9. The van der Waals surface area contributed by atoms with Gasteiger partial charge in [0.25, 0.3) is 0 Å². The second-order valence-electron chi connectivity index (χ2n) is 3.95. The molecule has 0 spiro atoms. The van der Waals surface area contributed by atoms with E-state index in [0.29, 0.717) is 0 Å². The van der Waals surface area contributed by atoms with Crippen LogP contribution in [0, 0.1) is 0 Å². The number of nitrogens with zero attached hydrogens (tertiary/aromatic N) is 2. The van der Waals surface area contributed by atoms with Crippen molar-refractivity contribution in [3.8, 4) is 11.5 Å². The van der Waals surface area contributed by atoms with E-state index in [1.165, 1.54) is 0 Å². The van der Waals surface area contributed by atoms with Crippen LogP contribution in [0.5, 0.6) is 11.5 Å². The fourth-order valence-corrected chi connectivity index (χ4v) is 1.36. The van der Waals surface area contributed by atoms with Crippen LogP contribution in [0.15, 0.2) is 23.2 Å². The third-order valence-corrected chi connectivity index (χ3v) is 2.32. The molecule has 0 fully saturated rings. The molecule has 0 saturated heterocycles. The van der Waals surface area contributed by atoms with Crippen LogP contribution in [0.25, 0.3) is 0 Å². The summed E-state index contributed by atoms with van der Waals surface area (Å²) >= 11 is 0. The first kappa shape index (κ1) is 13.5. The van der Waals surface area contributed by atoms with E-state index in [0.717, 1.165) is 30.2 Å². The molecule has 1 rings (SSSR count). The summed E-state index contributed by atoms with van der Waals surface area (Å²) in [6.45, 7) is 1.74. The fourth-order valence-electron chi connectivity index (χ4n) is 1.36. The highest BCUT2D eigenvalue weighted by molar-refractivity contribution is 5.80. The molecule has 1 aromatic rings. The van der Waals surface area contributed by atoms with Crippen molar-refractivity contribution < 1.29 is 9.47 Å². The third kappa shape index (κ3) is 4.44. The van der Waals surface area contributed by atoms with E-state index < -0.39 is 0 Å². The Morgan fingerprint density at radius 3 is 2.47 bits per heavy atom. The Kier molecular flexibility index (Phi) is 5.49. The number of methoxy groups -OCH3 is 2. The Morgan fingerprint density at radius 2 is 1.88 bits per heavy atom. The average molecular weight is 236 g/mol. The van der Waals surface area contributed by atoms with Gasteiger partial charge in [-0.2, -0.15) is 0 Å². The third-order valence-electron chi connectivity index (χ3n) is 2.32. The minimum Gasteiger partial charge on any atom is -0.493 e. The van der Waals surface area contributed by atoms with Crippen molar-refractivity contribution in [1.82, 2.24) is 4.90 Å². The van der Waals surface area contributed by atoms with Crippen LogP contribution in [0.4, 0.5) is 0 Å². The summed E-state index contributed by atoms with van der Waals surface area (Å²) in [6, 6.07) is 5.75. The number of ether oxygens (including phenoxy) is 2. The van der Waals surface area contributed by atoms with Crippen LogP contribution >= 0.6 is 0 Å². The molecule has 0 heterocycles. The molecule has 0 saturated carbocycles. The Hall–Kier alpha value is -1.55. The number of rotatable bonds is 6. The predicted molar refractivity (Wildman–Crippen MR) is 70.6 cm³/mol. The van der Waals surface area contributed by atoms with Gasteiger partial charge in [-0.1, -0.05) is 0 Å². The van der Waals surface area contributed by atoms with E-state index in [1.54, 1.807) is 14.2 Å². The molecular weight excluding hydrogens is 216 g/mol. The van der Waals surface area contributed by atoms with Crippen molar-refractivity contribution in [3.05, 3.63) is 23.8 Å². The number of benzene rings is 1. The molecule has 0 amide bonds. The summed E-state index contributed by atoms with van der Waals surface area (Å²) in [5.41, 5.74) is 1.02. The topological polar surface area (TPSA) is 34.1 Å². The van der Waals surface area contributed by atoms with E-state index in [9.17, 15) is 0 Å². The normalized spacial score (nSPS) is 11.1. The smallest absolute Gasteiger partial charge is 0.161 e. The van der Waals surface area contributed by atoms with Crippen LogP contribution in [0.1, 0.15) is 5.56 Å². The maximum Gasteiger partial charge on any atom is 0.161 e. The van der Waals surface area contributed by atoms with Crippen LogP contribution in [-0.4, -0.2) is 52.5 Å². The molecule has 0 unspecified atom stereocenters. The van der Waals surface area contributed by atoms with Gasteiger partial charge in [0.2, 0.25) is 0 Å². The first-order valence-electron chi connectivity index (χ1n) is 5.54. The molecule has 0 N–H and O–H groups in total. The second kappa shape index (κ2) is 6.91. The summed E-state index contributed by atoms with van der Waals surface area (Å²) in [5.74, 6) is 1.46. The highest BCUT2D eigenvalue weighted by Gasteiger charge is 2.02. The van der Waals surface area contributed by atoms with Gasteiger partial charge in [-0.25, -0.2) is 0 Å². The van der Waals surface area contributed by atoms with Gasteiger partial charge in [0.05, 0.1) is 20.8 Å². The van der Waals surface area contributed by atoms with Crippen molar-refractivity contribution in [2.24, 2.45) is 4.99 Å². The predicted octanol–water partition coefficient (Wildman–Crippen LogP) is 1.68. The lowest BCUT2D eigenvalue weighted by Gasteiger charge is -2.08. The molecule has 17 heavy (non-hydrogen) atoms. The Balaban J connectivity index is 2.65. The van der Waals surface area contributed by atoms with Gasteiger partial charge in [0.15, 0.2) is 11.5 Å². The summed E-state index contributed by atoms with van der Waals surface area (Å²) in [7, 11) is 7.32. The Bertz CT molecular complexity index is 376. The number of hydrogen-bond donors (Lipinski definition) is 0. The summed E-state index contributed by atoms with van der Waals surface area (Å²) < 4.78 is 10.4. The van der Waals surface area contributed by atoms with Crippen molar-refractivity contribution >= 4 is 6.21 Å². The van der Waals surface area contributed by atoms with Gasteiger partial charge in [-0.15, -0.1) is 0 Å². The van der Waals surface area contributed by atoms with Gasteiger partial charge in [-0.05, 0) is 37.9 Å². The molecule has 0 atom stereocenters. The zero-order valence-corrected chi connectivity index (χ0v) is 10.9. The second-order valence-corrected chi connectivity index (χ2v) is 3.95. The molecule has 0 aliphatic rings.